The zero-order valence-electron chi connectivity index (χ0n) is 14.4. The normalized spacial score (nSPS) is 10.4. The van der Waals surface area contributed by atoms with Gasteiger partial charge in [0, 0.05) is 17.7 Å². The van der Waals surface area contributed by atoms with Gasteiger partial charge in [-0.05, 0) is 31.2 Å². The third-order valence-corrected chi connectivity index (χ3v) is 3.46. The molecular weight excluding hydrogens is 352 g/mol. The van der Waals surface area contributed by atoms with Crippen LogP contribution in [0.3, 0.4) is 0 Å². The Hall–Kier alpha value is -3.81. The van der Waals surface area contributed by atoms with Gasteiger partial charge in [0.1, 0.15) is 0 Å². The molecule has 138 valence electrons. The number of hydrogen-bond donors (Lipinski definition) is 1. The molecule has 27 heavy (non-hydrogen) atoms. The Morgan fingerprint density at radius 1 is 1.11 bits per heavy atom. The summed E-state index contributed by atoms with van der Waals surface area (Å²) in [4.78, 5) is 45.5. The van der Waals surface area contributed by atoms with Crippen molar-refractivity contribution in [1.29, 1.82) is 0 Å². The van der Waals surface area contributed by atoms with Gasteiger partial charge in [0.15, 0.2) is 12.4 Å². The molecule has 0 unspecified atom stereocenters. The minimum atomic E-state index is -0.830. The van der Waals surface area contributed by atoms with Crippen LogP contribution in [0.15, 0.2) is 54.6 Å². The molecule has 0 saturated heterocycles. The van der Waals surface area contributed by atoms with Crippen LogP contribution in [0.5, 0.6) is 0 Å². The van der Waals surface area contributed by atoms with E-state index < -0.39 is 23.4 Å². The van der Waals surface area contributed by atoms with Crippen LogP contribution in [0.1, 0.15) is 22.8 Å². The number of nitrogens with one attached hydrogen (secondary N) is 1. The number of para-hydroxylation sites is 2. The second-order valence-corrected chi connectivity index (χ2v) is 5.41. The number of nitro groups is 1. The number of anilines is 1. The molecule has 1 N–H and O–H groups in total. The van der Waals surface area contributed by atoms with Crippen LogP contribution >= 0.6 is 0 Å². The van der Waals surface area contributed by atoms with E-state index in [0.717, 1.165) is 6.08 Å². The van der Waals surface area contributed by atoms with E-state index in [1.54, 1.807) is 30.3 Å². The Morgan fingerprint density at radius 2 is 1.78 bits per heavy atom. The molecule has 0 atom stereocenters. The van der Waals surface area contributed by atoms with Crippen LogP contribution in [0.2, 0.25) is 0 Å². The molecule has 2 aromatic rings. The third kappa shape index (κ3) is 5.60. The lowest BCUT2D eigenvalue weighted by Crippen LogP contribution is -2.21. The Labute approximate surface area is 154 Å². The number of benzene rings is 2. The van der Waals surface area contributed by atoms with Crippen molar-refractivity contribution in [2.45, 2.75) is 6.92 Å². The Kier molecular flexibility index (Phi) is 6.54. The van der Waals surface area contributed by atoms with Crippen molar-refractivity contribution in [2.75, 3.05) is 11.9 Å². The quantitative estimate of drug-likeness (QED) is 0.264. The Morgan fingerprint density at radius 3 is 2.48 bits per heavy atom. The van der Waals surface area contributed by atoms with Crippen molar-refractivity contribution in [3.8, 4) is 0 Å². The van der Waals surface area contributed by atoms with Crippen LogP contribution in [0, 0.1) is 10.1 Å². The van der Waals surface area contributed by atoms with Crippen molar-refractivity contribution in [2.24, 2.45) is 0 Å². The maximum Gasteiger partial charge on any atom is 0.331 e. The Bertz CT molecular complexity index is 920. The van der Waals surface area contributed by atoms with E-state index in [4.69, 9.17) is 4.74 Å². The molecule has 0 spiro atoms. The molecule has 0 aliphatic carbocycles. The molecule has 0 radical (unpaired) electrons. The number of ether oxygens (including phenoxy) is 1. The first kappa shape index (κ1) is 19.5. The lowest BCUT2D eigenvalue weighted by Gasteiger charge is -2.08. The molecule has 2 aromatic carbocycles. The van der Waals surface area contributed by atoms with Crippen LogP contribution in [0.4, 0.5) is 11.4 Å². The molecule has 0 aliphatic rings. The van der Waals surface area contributed by atoms with Gasteiger partial charge in [0.2, 0.25) is 0 Å². The second kappa shape index (κ2) is 9.04. The van der Waals surface area contributed by atoms with E-state index in [-0.39, 0.29) is 17.0 Å². The number of Topliss-reactive ketones (excluding diaryl/α,β-unsaturated/α-hetero) is 1. The summed E-state index contributed by atoms with van der Waals surface area (Å²) in [6, 6.07) is 12.3. The third-order valence-electron chi connectivity index (χ3n) is 3.46. The minimum Gasteiger partial charge on any atom is -0.452 e. The van der Waals surface area contributed by atoms with Gasteiger partial charge in [0.25, 0.3) is 11.6 Å². The topological polar surface area (TPSA) is 116 Å². The predicted octanol–water partition coefficient (Wildman–Crippen LogP) is 2.99. The number of carbonyl (C=O) groups is 3. The standard InChI is InChI=1S/C19H16N2O6/c1-13(22)15-7-3-4-8-16(15)20-18(23)12-27-19(24)11-10-14-6-2-5-9-17(14)21(25)26/h2-11H,12H2,1H3,(H,20,23)/b11-10+. The summed E-state index contributed by atoms with van der Waals surface area (Å²) >= 11 is 0. The van der Waals surface area contributed by atoms with Crippen LogP contribution in [-0.2, 0) is 14.3 Å². The van der Waals surface area contributed by atoms with Gasteiger partial charge in [-0.25, -0.2) is 4.79 Å². The largest absolute Gasteiger partial charge is 0.452 e. The number of rotatable bonds is 7. The molecule has 1 amide bonds. The van der Waals surface area contributed by atoms with Gasteiger partial charge in [-0.3, -0.25) is 19.7 Å². The highest BCUT2D eigenvalue weighted by Crippen LogP contribution is 2.19. The zero-order valence-corrected chi connectivity index (χ0v) is 14.4. The molecule has 0 saturated carbocycles. The molecule has 8 nitrogen and oxygen atoms in total. The first-order chi connectivity index (χ1) is 12.9. The number of nitro benzene ring substituents is 1. The Balaban J connectivity index is 1.93. The van der Waals surface area contributed by atoms with Gasteiger partial charge in [-0.1, -0.05) is 24.3 Å². The number of carbonyl (C=O) groups excluding carboxylic acids is 3. The lowest BCUT2D eigenvalue weighted by molar-refractivity contribution is -0.385. The van der Waals surface area contributed by atoms with Crippen LogP contribution in [-0.4, -0.2) is 29.2 Å². The summed E-state index contributed by atoms with van der Waals surface area (Å²) in [6.07, 6.45) is 2.24. The minimum absolute atomic E-state index is 0.153. The zero-order chi connectivity index (χ0) is 19.8. The average molecular weight is 368 g/mol. The van der Waals surface area contributed by atoms with Crippen LogP contribution in [0.25, 0.3) is 6.08 Å². The highest BCUT2D eigenvalue weighted by atomic mass is 16.6. The summed E-state index contributed by atoms with van der Waals surface area (Å²) in [5.74, 6) is -1.66. The van der Waals surface area contributed by atoms with Crippen molar-refractivity contribution in [3.05, 3.63) is 75.8 Å². The summed E-state index contributed by atoms with van der Waals surface area (Å²) in [7, 11) is 0. The maximum atomic E-state index is 11.9. The number of esters is 1. The summed E-state index contributed by atoms with van der Waals surface area (Å²) in [5, 5.41) is 13.4. The van der Waals surface area contributed by atoms with Gasteiger partial charge >= 0.3 is 5.97 Å². The van der Waals surface area contributed by atoms with Gasteiger partial charge in [-0.15, -0.1) is 0 Å². The molecule has 0 fully saturated rings. The maximum absolute atomic E-state index is 11.9. The first-order valence-corrected chi connectivity index (χ1v) is 7.86. The molecule has 0 aromatic heterocycles. The lowest BCUT2D eigenvalue weighted by atomic mass is 10.1. The first-order valence-electron chi connectivity index (χ1n) is 7.86. The van der Waals surface area contributed by atoms with E-state index in [9.17, 15) is 24.5 Å². The van der Waals surface area contributed by atoms with Gasteiger partial charge in [0.05, 0.1) is 16.2 Å². The van der Waals surface area contributed by atoms with Crippen LogP contribution < -0.4 is 5.32 Å². The number of nitrogens with zero attached hydrogens (tertiary/aromatic N) is 1. The number of amides is 1. The molecule has 0 heterocycles. The number of hydrogen-bond acceptors (Lipinski definition) is 6. The second-order valence-electron chi connectivity index (χ2n) is 5.41. The molecule has 0 aliphatic heterocycles. The predicted molar refractivity (Wildman–Crippen MR) is 98.2 cm³/mol. The average Bonchev–Trinajstić information content (AvgIpc) is 2.65. The van der Waals surface area contributed by atoms with E-state index >= 15 is 0 Å². The van der Waals surface area contributed by atoms with E-state index in [2.05, 4.69) is 5.32 Å². The highest BCUT2D eigenvalue weighted by molar-refractivity contribution is 6.04. The fraction of sp³-hybridized carbons (Fsp3) is 0.105. The summed E-state index contributed by atoms with van der Waals surface area (Å²) in [6.45, 7) is 0.810. The van der Waals surface area contributed by atoms with E-state index in [1.165, 1.54) is 31.2 Å². The van der Waals surface area contributed by atoms with Crippen molar-refractivity contribution in [3.63, 3.8) is 0 Å². The monoisotopic (exact) mass is 368 g/mol. The van der Waals surface area contributed by atoms with Gasteiger partial charge < -0.3 is 10.1 Å². The van der Waals surface area contributed by atoms with Gasteiger partial charge in [-0.2, -0.15) is 0 Å². The molecular formula is C19H16N2O6. The number of ketones is 1. The molecule has 0 bridgehead atoms. The smallest absolute Gasteiger partial charge is 0.331 e. The van der Waals surface area contributed by atoms with E-state index in [0.29, 0.717) is 11.3 Å². The SMILES string of the molecule is CC(=O)c1ccccc1NC(=O)COC(=O)/C=C/c1ccccc1[N+](=O)[O-]. The fourth-order valence-corrected chi connectivity index (χ4v) is 2.22. The highest BCUT2D eigenvalue weighted by Gasteiger charge is 2.12. The van der Waals surface area contributed by atoms with Crippen molar-refractivity contribution < 1.29 is 24.0 Å². The van der Waals surface area contributed by atoms with Crippen molar-refractivity contribution in [1.82, 2.24) is 0 Å². The summed E-state index contributed by atoms with van der Waals surface area (Å²) < 4.78 is 4.81. The summed E-state index contributed by atoms with van der Waals surface area (Å²) in [5.41, 5.74) is 0.745. The van der Waals surface area contributed by atoms with E-state index in [1.807, 2.05) is 0 Å². The molecule has 2 rings (SSSR count). The van der Waals surface area contributed by atoms with Crippen molar-refractivity contribution >= 4 is 35.1 Å². The fourth-order valence-electron chi connectivity index (χ4n) is 2.22. The molecule has 8 heteroatoms.